The molecule has 0 unspecified atom stereocenters. The zero-order chi connectivity index (χ0) is 36.4. The number of thiophene rings is 1. The Morgan fingerprint density at radius 2 is 0.891 bits per heavy atom. The third-order valence-electron chi connectivity index (χ3n) is 12.0. The number of hydrogen-bond donors (Lipinski definition) is 0. The molecule has 0 aliphatic carbocycles. The van der Waals surface area contributed by atoms with Crippen molar-refractivity contribution >= 4 is 122 Å². The smallest absolute Gasteiger partial charge is 0.0517 e. The van der Waals surface area contributed by atoms with E-state index in [4.69, 9.17) is 0 Å². The van der Waals surface area contributed by atoms with Crippen molar-refractivity contribution in [3.8, 4) is 0 Å². The number of nitrogens with zero attached hydrogens (tertiary/aromatic N) is 2. The minimum Gasteiger partial charge on any atom is -0.135 e. The van der Waals surface area contributed by atoms with Crippen molar-refractivity contribution in [2.45, 2.75) is 19.3 Å². The van der Waals surface area contributed by atoms with Crippen molar-refractivity contribution in [2.24, 2.45) is 0 Å². The van der Waals surface area contributed by atoms with Crippen molar-refractivity contribution in [3.05, 3.63) is 181 Å². The molecule has 0 saturated carbocycles. The summed E-state index contributed by atoms with van der Waals surface area (Å²) >= 11 is 2.17. The van der Waals surface area contributed by atoms with Gasteiger partial charge < -0.3 is 0 Å². The maximum absolute atomic E-state index is 2.52. The van der Waals surface area contributed by atoms with Gasteiger partial charge in [0.05, 0.1) is 11.4 Å². The van der Waals surface area contributed by atoms with Crippen LogP contribution >= 0.6 is 11.3 Å². The van der Waals surface area contributed by atoms with Crippen molar-refractivity contribution in [3.63, 3.8) is 0 Å². The van der Waals surface area contributed by atoms with Crippen LogP contribution in [0.5, 0.6) is 0 Å². The third kappa shape index (κ3) is 4.48. The topological polar surface area (TPSA) is 6.48 Å². The second-order valence-electron chi connectivity index (χ2n) is 15.3. The van der Waals surface area contributed by atoms with Gasteiger partial charge in [-0.2, -0.15) is 0 Å². The molecule has 0 saturated heterocycles. The second kappa shape index (κ2) is 11.6. The van der Waals surface area contributed by atoms with E-state index in [0.717, 1.165) is 0 Å². The number of benzene rings is 9. The van der Waals surface area contributed by atoms with Gasteiger partial charge >= 0.3 is 198 Å². The van der Waals surface area contributed by atoms with Crippen LogP contribution < -0.4 is 18.7 Å². The molecule has 12 rings (SSSR count). The molecule has 9 aromatic carbocycles. The Labute approximate surface area is 330 Å². The summed E-state index contributed by atoms with van der Waals surface area (Å²) in [5.41, 5.74) is 10.0. The zero-order valence-corrected chi connectivity index (χ0v) is 32.9. The Balaban J connectivity index is 1.08. The summed E-state index contributed by atoms with van der Waals surface area (Å²) in [6, 6.07) is 63.9. The van der Waals surface area contributed by atoms with Crippen LogP contribution in [0.2, 0.25) is 0 Å². The summed E-state index contributed by atoms with van der Waals surface area (Å²) in [7, 11) is 0. The summed E-state index contributed by atoms with van der Waals surface area (Å²) in [6.45, 7) is 4.78. The van der Waals surface area contributed by atoms with Crippen LogP contribution in [-0.2, 0) is 5.41 Å². The largest absolute Gasteiger partial charge is 0.135 e. The number of hydrogen-bond acceptors (Lipinski definition) is 3. The van der Waals surface area contributed by atoms with Crippen LogP contribution in [0.3, 0.4) is 0 Å². The predicted molar refractivity (Wildman–Crippen MR) is 238 cm³/mol. The van der Waals surface area contributed by atoms with Gasteiger partial charge in [0.1, 0.15) is 0 Å². The first kappa shape index (κ1) is 31.4. The molecule has 0 N–H and O–H groups in total. The van der Waals surface area contributed by atoms with Gasteiger partial charge in [0.2, 0.25) is 0 Å². The summed E-state index contributed by atoms with van der Waals surface area (Å²) < 4.78 is 5.50. The molecule has 10 aromatic rings. The number of fused-ring (bicyclic) bond motifs is 13. The predicted octanol–water partition coefficient (Wildman–Crippen LogP) is 13.1. The van der Waals surface area contributed by atoms with E-state index in [2.05, 4.69) is 194 Å². The minimum atomic E-state index is -0.159. The molecule has 55 heavy (non-hydrogen) atoms. The molecule has 3 heterocycles. The fraction of sp³-hybridized carbons (Fsp3) is 0.0588. The summed E-state index contributed by atoms with van der Waals surface area (Å²) in [5, 5.41) is 10.3. The van der Waals surface area contributed by atoms with Gasteiger partial charge in [0.25, 0.3) is 0 Å². The molecule has 0 fully saturated rings. The first-order valence-corrected chi connectivity index (χ1v) is 21.5. The first-order valence-electron chi connectivity index (χ1n) is 18.9. The molecule has 2 aliphatic heterocycles. The molecule has 4 heteroatoms. The van der Waals surface area contributed by atoms with E-state index in [1.165, 1.54) is 107 Å². The Kier molecular flexibility index (Phi) is 6.61. The van der Waals surface area contributed by atoms with E-state index >= 15 is 0 Å². The Morgan fingerprint density at radius 1 is 0.382 bits per heavy atom. The minimum absolute atomic E-state index is 0.159. The summed E-state index contributed by atoms with van der Waals surface area (Å²) in [4.78, 5) is 4.99. The van der Waals surface area contributed by atoms with Crippen molar-refractivity contribution < 1.29 is 0 Å². The molecule has 0 bridgehead atoms. The summed E-state index contributed by atoms with van der Waals surface area (Å²) in [5.74, 6) is 0. The molecular formula is C51H34N2SSe. The SMILES string of the molecule is CC1(C)c2ccccc2N(c2ccc3c4ccc(N5c6ccccc6[Se]c6ccccc65)cc4c4ccccc4c3c2)c2cc3sc4ccccc4c3cc21. The van der Waals surface area contributed by atoms with Crippen LogP contribution in [-0.4, -0.2) is 15.0 Å². The van der Waals surface area contributed by atoms with E-state index < -0.39 is 0 Å². The Morgan fingerprint density at radius 3 is 1.55 bits per heavy atom. The van der Waals surface area contributed by atoms with Gasteiger partial charge in [-0.05, 0) is 35.4 Å². The second-order valence-corrected chi connectivity index (χ2v) is 18.7. The van der Waals surface area contributed by atoms with Crippen LogP contribution in [0.1, 0.15) is 25.0 Å². The normalized spacial score (nSPS) is 14.4. The number of rotatable bonds is 2. The zero-order valence-electron chi connectivity index (χ0n) is 30.4. The van der Waals surface area contributed by atoms with Gasteiger partial charge in [0, 0.05) is 25.6 Å². The molecule has 2 aliphatic rings. The van der Waals surface area contributed by atoms with E-state index in [0.29, 0.717) is 0 Å². The first-order chi connectivity index (χ1) is 27.0. The molecule has 0 amide bonds. The van der Waals surface area contributed by atoms with Crippen molar-refractivity contribution in [1.82, 2.24) is 0 Å². The van der Waals surface area contributed by atoms with E-state index in [1.807, 2.05) is 11.3 Å². The standard InChI is InChI=1S/C51H34N2SSe/c1-51(2)41-16-6-7-17-43(41)52(46-30-48-40(29-42(46)51)37-15-5-10-20-47(37)54-48)31-23-25-35-36-26-24-32(28-39(36)34-14-4-3-13-33(34)38(35)27-31)53-44-18-8-11-21-49(44)55-50-22-12-9-19-45(50)53/h3-30H,1-2H3. The molecular weight excluding hydrogens is 752 g/mol. The molecule has 0 radical (unpaired) electrons. The molecule has 0 spiro atoms. The molecule has 2 nitrogen and oxygen atoms in total. The van der Waals surface area contributed by atoms with Gasteiger partial charge in [-0.1, -0.05) is 50.2 Å². The van der Waals surface area contributed by atoms with Crippen LogP contribution in [0, 0.1) is 0 Å². The Hall–Kier alpha value is -5.90. The average molecular weight is 786 g/mol. The van der Waals surface area contributed by atoms with Gasteiger partial charge in [-0.15, -0.1) is 11.3 Å². The fourth-order valence-electron chi connectivity index (χ4n) is 9.39. The van der Waals surface area contributed by atoms with Crippen molar-refractivity contribution in [2.75, 3.05) is 9.80 Å². The quantitative estimate of drug-likeness (QED) is 0.127. The monoisotopic (exact) mass is 786 g/mol. The maximum Gasteiger partial charge on any atom is 0.0517 e. The van der Waals surface area contributed by atoms with Gasteiger partial charge in [-0.25, -0.2) is 0 Å². The third-order valence-corrected chi connectivity index (χ3v) is 15.5. The van der Waals surface area contributed by atoms with Crippen molar-refractivity contribution in [1.29, 1.82) is 0 Å². The van der Waals surface area contributed by atoms with E-state index in [-0.39, 0.29) is 20.4 Å². The van der Waals surface area contributed by atoms with Gasteiger partial charge in [0.15, 0.2) is 0 Å². The maximum atomic E-state index is 2.52. The summed E-state index contributed by atoms with van der Waals surface area (Å²) in [6.07, 6.45) is 0. The number of anilines is 6. The van der Waals surface area contributed by atoms with Crippen LogP contribution in [0.15, 0.2) is 170 Å². The Bertz CT molecular complexity index is 3180. The molecule has 0 atom stereocenters. The molecule has 260 valence electrons. The molecule has 1 aromatic heterocycles. The van der Waals surface area contributed by atoms with Crippen LogP contribution in [0.4, 0.5) is 34.1 Å². The average Bonchev–Trinajstić information content (AvgIpc) is 3.60. The van der Waals surface area contributed by atoms with E-state index in [1.54, 1.807) is 0 Å². The van der Waals surface area contributed by atoms with E-state index in [9.17, 15) is 0 Å². The fourth-order valence-corrected chi connectivity index (χ4v) is 12.7. The number of para-hydroxylation sites is 3. The van der Waals surface area contributed by atoms with Gasteiger partial charge in [-0.3, -0.25) is 0 Å². The van der Waals surface area contributed by atoms with Crippen LogP contribution in [0.25, 0.3) is 52.5 Å².